The van der Waals surface area contributed by atoms with Crippen molar-refractivity contribution in [1.82, 2.24) is 14.5 Å². The number of guanidine groups is 1. The van der Waals surface area contributed by atoms with Crippen molar-refractivity contribution in [2.45, 2.75) is 39.0 Å². The second kappa shape index (κ2) is 14.9. The summed E-state index contributed by atoms with van der Waals surface area (Å²) >= 11 is 0. The van der Waals surface area contributed by atoms with Crippen LogP contribution in [0.2, 0.25) is 0 Å². The average molecular weight is 474 g/mol. The molecule has 0 saturated heterocycles. The summed E-state index contributed by atoms with van der Waals surface area (Å²) in [6.07, 6.45) is 7.28. The van der Waals surface area contributed by atoms with Gasteiger partial charge in [0.1, 0.15) is 0 Å². The Hall–Kier alpha value is -0.350. The Morgan fingerprint density at radius 3 is 2.38 bits per heavy atom. The van der Waals surface area contributed by atoms with E-state index in [1.165, 1.54) is 17.1 Å². The van der Waals surface area contributed by atoms with Crippen LogP contribution in [0.1, 0.15) is 39.0 Å². The molecule has 0 aliphatic rings. The third-order valence-corrected chi connectivity index (χ3v) is 5.61. The molecule has 0 aromatic carbocycles. The van der Waals surface area contributed by atoms with E-state index in [-0.39, 0.29) is 29.7 Å². The molecule has 8 heteroatoms. The first kappa shape index (κ1) is 25.9. The second-order valence-corrected chi connectivity index (χ2v) is 7.97. The summed E-state index contributed by atoms with van der Waals surface area (Å²) in [5.41, 5.74) is 0. The average Bonchev–Trinajstić information content (AvgIpc) is 2.54. The number of halogens is 1. The van der Waals surface area contributed by atoms with Gasteiger partial charge in [-0.1, -0.05) is 12.5 Å². The van der Waals surface area contributed by atoms with Crippen molar-refractivity contribution in [2.75, 3.05) is 46.5 Å². The second-order valence-electron chi connectivity index (χ2n) is 5.61. The van der Waals surface area contributed by atoms with Gasteiger partial charge >= 0.3 is 0 Å². The lowest BCUT2D eigenvalue weighted by atomic mass is 10.2. The maximum Gasteiger partial charge on any atom is 0.213 e. The Morgan fingerprint density at radius 1 is 1.17 bits per heavy atom. The minimum Gasteiger partial charge on any atom is -0.356 e. The van der Waals surface area contributed by atoms with Crippen LogP contribution in [-0.4, -0.2) is 70.1 Å². The Balaban J connectivity index is 0. The first-order valence-corrected chi connectivity index (χ1v) is 9.96. The molecule has 0 aromatic rings. The number of hydrogen-bond acceptors (Lipinski definition) is 3. The van der Waals surface area contributed by atoms with Crippen LogP contribution in [-0.2, 0) is 10.0 Å². The van der Waals surface area contributed by atoms with Gasteiger partial charge in [-0.3, -0.25) is 4.99 Å². The minimum atomic E-state index is -3.08. The lowest BCUT2D eigenvalue weighted by Crippen LogP contribution is -2.40. The highest BCUT2D eigenvalue weighted by Crippen LogP contribution is 2.02. The third kappa shape index (κ3) is 11.2. The van der Waals surface area contributed by atoms with Crippen LogP contribution in [0.3, 0.4) is 0 Å². The highest BCUT2D eigenvalue weighted by molar-refractivity contribution is 14.0. The Labute approximate surface area is 165 Å². The van der Waals surface area contributed by atoms with Crippen LogP contribution in [0, 0.1) is 0 Å². The van der Waals surface area contributed by atoms with Crippen molar-refractivity contribution >= 4 is 40.0 Å². The zero-order valence-electron chi connectivity index (χ0n) is 15.6. The van der Waals surface area contributed by atoms with Crippen molar-refractivity contribution < 1.29 is 8.42 Å². The van der Waals surface area contributed by atoms with E-state index < -0.39 is 10.0 Å². The van der Waals surface area contributed by atoms with Crippen LogP contribution in [0.25, 0.3) is 0 Å². The van der Waals surface area contributed by atoms with Gasteiger partial charge < -0.3 is 10.2 Å². The molecule has 0 spiro atoms. The molecule has 0 aliphatic heterocycles. The third-order valence-electron chi connectivity index (χ3n) is 3.75. The van der Waals surface area contributed by atoms with E-state index >= 15 is 0 Å². The van der Waals surface area contributed by atoms with E-state index in [9.17, 15) is 8.42 Å². The summed E-state index contributed by atoms with van der Waals surface area (Å²) in [5.74, 6) is 1.00. The molecule has 0 radical (unpaired) electrons. The molecule has 0 saturated carbocycles. The number of unbranched alkanes of at least 4 members (excludes halogenated alkanes) is 3. The van der Waals surface area contributed by atoms with Gasteiger partial charge in [-0.05, 0) is 32.6 Å². The van der Waals surface area contributed by atoms with E-state index in [2.05, 4.69) is 21.8 Å². The quantitative estimate of drug-likeness (QED) is 0.155. The molecular weight excluding hydrogens is 439 g/mol. The van der Waals surface area contributed by atoms with Gasteiger partial charge in [0, 0.05) is 40.8 Å². The molecule has 0 rings (SSSR count). The fourth-order valence-electron chi connectivity index (χ4n) is 2.17. The van der Waals surface area contributed by atoms with E-state index in [1.807, 2.05) is 13.1 Å². The van der Waals surface area contributed by atoms with Crippen molar-refractivity contribution in [1.29, 1.82) is 0 Å². The molecule has 144 valence electrons. The minimum absolute atomic E-state index is 0. The molecule has 0 aliphatic carbocycles. The predicted molar refractivity (Wildman–Crippen MR) is 115 cm³/mol. The number of aliphatic imine (C=N–C) groups is 1. The van der Waals surface area contributed by atoms with Crippen molar-refractivity contribution in [2.24, 2.45) is 4.99 Å². The van der Waals surface area contributed by atoms with Crippen LogP contribution in [0.15, 0.2) is 17.6 Å². The summed E-state index contributed by atoms with van der Waals surface area (Å²) in [5, 5.41) is 3.28. The Kier molecular flexibility index (Phi) is 16.1. The largest absolute Gasteiger partial charge is 0.356 e. The van der Waals surface area contributed by atoms with Crippen LogP contribution < -0.4 is 5.32 Å². The van der Waals surface area contributed by atoms with Gasteiger partial charge in [0.05, 0.1) is 5.75 Å². The highest BCUT2D eigenvalue weighted by Gasteiger charge is 2.14. The Bertz CT molecular complexity index is 455. The van der Waals surface area contributed by atoms with Gasteiger partial charge in [0.2, 0.25) is 10.0 Å². The summed E-state index contributed by atoms with van der Waals surface area (Å²) in [6.45, 7) is 7.58. The molecule has 0 heterocycles. The van der Waals surface area contributed by atoms with Crippen LogP contribution in [0.4, 0.5) is 0 Å². The zero-order valence-corrected chi connectivity index (χ0v) is 18.8. The van der Waals surface area contributed by atoms with Gasteiger partial charge in [0.25, 0.3) is 0 Å². The Morgan fingerprint density at radius 2 is 1.83 bits per heavy atom. The molecule has 0 fully saturated rings. The lowest BCUT2D eigenvalue weighted by Gasteiger charge is -2.22. The van der Waals surface area contributed by atoms with Crippen LogP contribution in [0.5, 0.6) is 0 Å². The topological polar surface area (TPSA) is 65.0 Å². The first-order chi connectivity index (χ1) is 10.9. The SMILES string of the molecule is C=CCCCCCN(C)C(=NC)NCCCN(C)S(=O)(=O)CC.I. The summed E-state index contributed by atoms with van der Waals surface area (Å²) in [4.78, 5) is 6.38. The molecule has 0 unspecified atom stereocenters. The molecule has 24 heavy (non-hydrogen) atoms. The molecule has 0 amide bonds. The monoisotopic (exact) mass is 474 g/mol. The van der Waals surface area contributed by atoms with E-state index in [4.69, 9.17) is 0 Å². The number of allylic oxidation sites excluding steroid dienone is 1. The lowest BCUT2D eigenvalue weighted by molar-refractivity contribution is 0.442. The number of nitrogens with zero attached hydrogens (tertiary/aromatic N) is 3. The van der Waals surface area contributed by atoms with Gasteiger partial charge in [-0.2, -0.15) is 0 Å². The predicted octanol–water partition coefficient (Wildman–Crippen LogP) is 2.53. The van der Waals surface area contributed by atoms with Crippen molar-refractivity contribution in [3.05, 3.63) is 12.7 Å². The fourth-order valence-corrected chi connectivity index (χ4v) is 3.01. The molecule has 0 bridgehead atoms. The summed E-state index contributed by atoms with van der Waals surface area (Å²) in [7, 11) is 2.34. The summed E-state index contributed by atoms with van der Waals surface area (Å²) in [6, 6.07) is 0. The van der Waals surface area contributed by atoms with Crippen molar-refractivity contribution in [3.8, 4) is 0 Å². The van der Waals surface area contributed by atoms with E-state index in [0.717, 1.165) is 31.8 Å². The molecular formula is C16H35IN4O2S. The number of nitrogens with one attached hydrogen (secondary N) is 1. The molecule has 0 aromatic heterocycles. The smallest absolute Gasteiger partial charge is 0.213 e. The maximum atomic E-state index is 11.7. The number of rotatable bonds is 12. The fraction of sp³-hybridized carbons (Fsp3) is 0.812. The zero-order chi connectivity index (χ0) is 17.7. The van der Waals surface area contributed by atoms with E-state index in [0.29, 0.717) is 13.1 Å². The van der Waals surface area contributed by atoms with Gasteiger partial charge in [-0.25, -0.2) is 12.7 Å². The first-order valence-electron chi connectivity index (χ1n) is 8.35. The maximum absolute atomic E-state index is 11.7. The number of sulfonamides is 1. The van der Waals surface area contributed by atoms with Gasteiger partial charge in [0.15, 0.2) is 5.96 Å². The number of hydrogen-bond donors (Lipinski definition) is 1. The molecule has 6 nitrogen and oxygen atoms in total. The van der Waals surface area contributed by atoms with Gasteiger partial charge in [-0.15, -0.1) is 30.6 Å². The highest BCUT2D eigenvalue weighted by atomic mass is 127. The standard InChI is InChI=1S/C16H34N4O2S.HI/c1-6-8-9-10-11-14-19(4)16(17-3)18-13-12-15-20(5)23(21,22)7-2;/h6H,1,7-15H2,2-5H3,(H,17,18);1H. The summed E-state index contributed by atoms with van der Waals surface area (Å²) < 4.78 is 24.7. The van der Waals surface area contributed by atoms with E-state index in [1.54, 1.807) is 21.0 Å². The van der Waals surface area contributed by atoms with Crippen molar-refractivity contribution in [3.63, 3.8) is 0 Å². The molecule has 1 N–H and O–H groups in total. The molecule has 0 atom stereocenters. The normalized spacial score (nSPS) is 12.0. The van der Waals surface area contributed by atoms with Crippen LogP contribution >= 0.6 is 24.0 Å².